The number of hydrogen-bond acceptors (Lipinski definition) is 5. The first-order valence-electron chi connectivity index (χ1n) is 11.0. The van der Waals surface area contributed by atoms with Crippen molar-refractivity contribution in [3.63, 3.8) is 0 Å². The zero-order chi connectivity index (χ0) is 24.2. The monoisotopic (exact) mass is 503 g/mol. The summed E-state index contributed by atoms with van der Waals surface area (Å²) in [6, 6.07) is 7.73. The van der Waals surface area contributed by atoms with Crippen LogP contribution in [0, 0.1) is 5.92 Å². The predicted molar refractivity (Wildman–Crippen MR) is 133 cm³/mol. The Labute approximate surface area is 208 Å². The van der Waals surface area contributed by atoms with Crippen LogP contribution in [-0.4, -0.2) is 48.9 Å². The van der Waals surface area contributed by atoms with Crippen LogP contribution in [0.15, 0.2) is 43.1 Å². The molecule has 1 aromatic carbocycles. The molecule has 1 aliphatic rings. The van der Waals surface area contributed by atoms with Crippen molar-refractivity contribution in [1.29, 1.82) is 0 Å². The molecule has 1 N–H and O–H groups in total. The Morgan fingerprint density at radius 1 is 1.26 bits per heavy atom. The third-order valence-electron chi connectivity index (χ3n) is 6.13. The molecule has 0 radical (unpaired) electrons. The number of hydrogen-bond donors (Lipinski definition) is 1. The van der Waals surface area contributed by atoms with Gasteiger partial charge >= 0.3 is 0 Å². The molecule has 3 aromatic rings. The molecule has 1 saturated heterocycles. The number of nitrogens with zero attached hydrogens (tertiary/aromatic N) is 2. The van der Waals surface area contributed by atoms with E-state index < -0.39 is 0 Å². The molecule has 3 heterocycles. The molecule has 0 aliphatic carbocycles. The normalized spacial score (nSPS) is 18.0. The molecule has 0 spiro atoms. The quantitative estimate of drug-likeness (QED) is 0.452. The van der Waals surface area contributed by atoms with E-state index in [1.54, 1.807) is 20.3 Å². The summed E-state index contributed by atoms with van der Waals surface area (Å²) >= 11 is 13.1. The Kier molecular flexibility index (Phi) is 7.66. The summed E-state index contributed by atoms with van der Waals surface area (Å²) in [6.07, 6.45) is 4.73. The van der Waals surface area contributed by atoms with E-state index in [4.69, 9.17) is 42.4 Å². The Morgan fingerprint density at radius 3 is 2.68 bits per heavy atom. The second-order valence-electron chi connectivity index (χ2n) is 8.19. The Morgan fingerprint density at radius 2 is 2.00 bits per heavy atom. The molecule has 2 aromatic heterocycles. The zero-order valence-electron chi connectivity index (χ0n) is 19.1. The van der Waals surface area contributed by atoms with E-state index in [9.17, 15) is 4.79 Å². The number of amides is 1. The highest BCUT2D eigenvalue weighted by atomic mass is 35.5. The molecule has 7 nitrogen and oxygen atoms in total. The second kappa shape index (κ2) is 10.7. The van der Waals surface area contributed by atoms with Gasteiger partial charge in [0.05, 0.1) is 48.4 Å². The Bertz CT molecular complexity index is 1180. The molecular weight excluding hydrogens is 477 g/mol. The first-order valence-corrected chi connectivity index (χ1v) is 11.7. The van der Waals surface area contributed by atoms with Crippen LogP contribution < -0.4 is 14.8 Å². The maximum atomic E-state index is 11.8. The van der Waals surface area contributed by atoms with Gasteiger partial charge < -0.3 is 24.1 Å². The van der Waals surface area contributed by atoms with E-state index in [1.807, 2.05) is 29.0 Å². The zero-order valence-corrected chi connectivity index (χ0v) is 20.7. The lowest BCUT2D eigenvalue weighted by molar-refractivity contribution is -0.118. The molecule has 9 heteroatoms. The predicted octanol–water partition coefficient (Wildman–Crippen LogP) is 4.66. The van der Waals surface area contributed by atoms with Gasteiger partial charge in [-0.2, -0.15) is 0 Å². The van der Waals surface area contributed by atoms with Crippen molar-refractivity contribution in [3.05, 3.63) is 64.4 Å². The Balaban J connectivity index is 1.57. The average molecular weight is 504 g/mol. The SMILES string of the molecule is C=CC(=O)NC1CCOCC1Cc1ccc2c(ccn2Cc2c(Cl)c(OC)cc(OC)c2Cl)n1. The van der Waals surface area contributed by atoms with Crippen LogP contribution in [0.25, 0.3) is 11.0 Å². The summed E-state index contributed by atoms with van der Waals surface area (Å²) in [4.78, 5) is 16.7. The fourth-order valence-corrected chi connectivity index (χ4v) is 4.93. The lowest BCUT2D eigenvalue weighted by atomic mass is 9.91. The Hall–Kier alpha value is -2.74. The number of aromatic nitrogens is 2. The lowest BCUT2D eigenvalue weighted by Gasteiger charge is -2.31. The fourth-order valence-electron chi connectivity index (χ4n) is 4.31. The molecule has 1 amide bonds. The number of carbonyl (C=O) groups excluding carboxylic acids is 1. The molecule has 2 atom stereocenters. The van der Waals surface area contributed by atoms with Crippen molar-refractivity contribution in [2.24, 2.45) is 5.92 Å². The van der Waals surface area contributed by atoms with Crippen LogP contribution in [0.2, 0.25) is 10.0 Å². The number of ether oxygens (including phenoxy) is 3. The van der Waals surface area contributed by atoms with Crippen LogP contribution in [0.5, 0.6) is 11.5 Å². The van der Waals surface area contributed by atoms with Crippen molar-refractivity contribution in [1.82, 2.24) is 14.9 Å². The van der Waals surface area contributed by atoms with E-state index in [0.717, 1.165) is 23.1 Å². The van der Waals surface area contributed by atoms with Crippen molar-refractivity contribution in [3.8, 4) is 11.5 Å². The molecule has 0 saturated carbocycles. The first-order chi connectivity index (χ1) is 16.4. The van der Waals surface area contributed by atoms with E-state index in [1.165, 1.54) is 6.08 Å². The number of rotatable bonds is 8. The number of methoxy groups -OCH3 is 2. The van der Waals surface area contributed by atoms with Gasteiger partial charge in [0, 0.05) is 42.1 Å². The molecule has 0 bridgehead atoms. The largest absolute Gasteiger partial charge is 0.495 e. The highest BCUT2D eigenvalue weighted by Crippen LogP contribution is 2.41. The molecule has 1 aliphatic heterocycles. The molecule has 2 unspecified atom stereocenters. The number of nitrogens with one attached hydrogen (secondary N) is 1. The lowest BCUT2D eigenvalue weighted by Crippen LogP contribution is -2.45. The first kappa shape index (κ1) is 24.4. The van der Waals surface area contributed by atoms with Crippen LogP contribution in [-0.2, 0) is 22.5 Å². The van der Waals surface area contributed by atoms with Gasteiger partial charge in [-0.15, -0.1) is 0 Å². The van der Waals surface area contributed by atoms with E-state index in [-0.39, 0.29) is 17.9 Å². The topological polar surface area (TPSA) is 74.6 Å². The third kappa shape index (κ3) is 5.02. The van der Waals surface area contributed by atoms with Crippen molar-refractivity contribution in [2.75, 3.05) is 27.4 Å². The van der Waals surface area contributed by atoms with Crippen LogP contribution in [0.1, 0.15) is 17.7 Å². The van der Waals surface area contributed by atoms with Gasteiger partial charge in [0.1, 0.15) is 11.5 Å². The number of halogens is 2. The van der Waals surface area contributed by atoms with E-state index >= 15 is 0 Å². The number of carbonyl (C=O) groups is 1. The summed E-state index contributed by atoms with van der Waals surface area (Å²) < 4.78 is 18.5. The number of benzene rings is 1. The maximum absolute atomic E-state index is 11.8. The molecule has 34 heavy (non-hydrogen) atoms. The highest BCUT2D eigenvalue weighted by Gasteiger charge is 2.27. The third-order valence-corrected chi connectivity index (χ3v) is 6.96. The van der Waals surface area contributed by atoms with Crippen molar-refractivity contribution < 1.29 is 19.0 Å². The van der Waals surface area contributed by atoms with Gasteiger partial charge in [0.25, 0.3) is 0 Å². The molecule has 1 fully saturated rings. The minimum atomic E-state index is -0.163. The summed E-state index contributed by atoms with van der Waals surface area (Å²) in [5.41, 5.74) is 3.47. The van der Waals surface area contributed by atoms with Gasteiger partial charge in [-0.1, -0.05) is 29.8 Å². The van der Waals surface area contributed by atoms with Gasteiger partial charge in [0.15, 0.2) is 0 Å². The minimum Gasteiger partial charge on any atom is -0.495 e. The van der Waals surface area contributed by atoms with Crippen molar-refractivity contribution in [2.45, 2.75) is 25.4 Å². The minimum absolute atomic E-state index is 0.0358. The van der Waals surface area contributed by atoms with Gasteiger partial charge in [0.2, 0.25) is 5.91 Å². The maximum Gasteiger partial charge on any atom is 0.243 e. The van der Waals surface area contributed by atoms with E-state index in [2.05, 4.69) is 11.9 Å². The van der Waals surface area contributed by atoms with Crippen LogP contribution in [0.3, 0.4) is 0 Å². The molecule has 4 rings (SSSR count). The van der Waals surface area contributed by atoms with Gasteiger partial charge in [-0.05, 0) is 37.1 Å². The molecular formula is C25H27Cl2N3O4. The van der Waals surface area contributed by atoms with Gasteiger partial charge in [-0.3, -0.25) is 9.78 Å². The van der Waals surface area contributed by atoms with E-state index in [0.29, 0.717) is 53.3 Å². The van der Waals surface area contributed by atoms with Crippen LogP contribution in [0.4, 0.5) is 0 Å². The van der Waals surface area contributed by atoms with Crippen molar-refractivity contribution >= 4 is 40.1 Å². The summed E-state index contributed by atoms with van der Waals surface area (Å²) in [5.74, 6) is 0.987. The highest BCUT2D eigenvalue weighted by molar-refractivity contribution is 6.37. The smallest absolute Gasteiger partial charge is 0.243 e. The summed E-state index contributed by atoms with van der Waals surface area (Å²) in [6.45, 7) is 5.19. The fraction of sp³-hybridized carbons (Fsp3) is 0.360. The standard InChI is InChI=1S/C25H27Cl2N3O4/c1-4-23(31)29-18-8-10-34-14-15(18)11-16-5-6-20-19(28-16)7-9-30(20)13-17-24(26)21(32-2)12-22(33-3)25(17)27/h4-7,9,12,15,18H,1,8,10-11,13-14H2,2-3H3,(H,29,31). The number of pyridine rings is 1. The molecule has 180 valence electrons. The van der Waals surface area contributed by atoms with Crippen LogP contribution >= 0.6 is 23.2 Å². The summed E-state index contributed by atoms with van der Waals surface area (Å²) in [7, 11) is 3.11. The summed E-state index contributed by atoms with van der Waals surface area (Å²) in [5, 5.41) is 3.92. The number of fused-ring (bicyclic) bond motifs is 1. The average Bonchev–Trinajstić information content (AvgIpc) is 3.25. The van der Waals surface area contributed by atoms with Gasteiger partial charge in [-0.25, -0.2) is 0 Å². The second-order valence-corrected chi connectivity index (χ2v) is 8.94.